The zero-order chi connectivity index (χ0) is 23.0. The molecule has 32 heavy (non-hydrogen) atoms. The summed E-state index contributed by atoms with van der Waals surface area (Å²) < 4.78 is 29.6. The van der Waals surface area contributed by atoms with Crippen LogP contribution in [-0.2, 0) is 33.4 Å². The summed E-state index contributed by atoms with van der Waals surface area (Å²) in [7, 11) is 0. The van der Waals surface area contributed by atoms with E-state index < -0.39 is 41.2 Å². The number of nitrogens with zero attached hydrogens (tertiary/aromatic N) is 1. The Bertz CT molecular complexity index is 1120. The number of rotatable bonds is 5. The molecule has 1 atom stereocenters. The Balaban J connectivity index is 1.48. The highest BCUT2D eigenvalue weighted by atomic mass is 35.5. The van der Waals surface area contributed by atoms with Crippen molar-refractivity contribution in [2.24, 2.45) is 0 Å². The fraction of sp³-hybridized carbons (Fsp3) is 0.273. The molecule has 1 unspecified atom stereocenters. The second-order valence-electron chi connectivity index (χ2n) is 7.66. The largest absolute Gasteiger partial charge is 0.349 e. The highest BCUT2D eigenvalue weighted by molar-refractivity contribution is 6.30. The zero-order valence-electron chi connectivity index (χ0n) is 16.7. The molecule has 2 aliphatic heterocycles. The molecule has 4 amide bonds. The van der Waals surface area contributed by atoms with Gasteiger partial charge in [-0.3, -0.25) is 24.5 Å². The minimum absolute atomic E-state index is 0.0588. The first-order valence-corrected chi connectivity index (χ1v) is 10.2. The number of fused-ring (bicyclic) bond motifs is 1. The smallest absolute Gasteiger partial charge is 0.346 e. The lowest BCUT2D eigenvalue weighted by molar-refractivity contribution is -0.147. The van der Waals surface area contributed by atoms with Gasteiger partial charge < -0.3 is 10.2 Å². The number of hydrogen-bond donors (Lipinski definition) is 2. The number of imide groups is 1. The van der Waals surface area contributed by atoms with E-state index in [0.717, 1.165) is 12.1 Å². The number of halogens is 3. The van der Waals surface area contributed by atoms with Crippen LogP contribution in [0.15, 0.2) is 42.5 Å². The van der Waals surface area contributed by atoms with Crippen molar-refractivity contribution in [1.29, 1.82) is 0 Å². The van der Waals surface area contributed by atoms with Gasteiger partial charge in [0.05, 0.1) is 0 Å². The number of benzene rings is 2. The highest BCUT2D eigenvalue weighted by Gasteiger charge is 2.43. The van der Waals surface area contributed by atoms with Gasteiger partial charge in [-0.25, -0.2) is 0 Å². The van der Waals surface area contributed by atoms with E-state index in [9.17, 15) is 28.0 Å². The van der Waals surface area contributed by atoms with E-state index in [0.29, 0.717) is 16.1 Å². The molecule has 10 heteroatoms. The van der Waals surface area contributed by atoms with Crippen molar-refractivity contribution in [1.82, 2.24) is 15.5 Å². The predicted molar refractivity (Wildman–Crippen MR) is 110 cm³/mol. The van der Waals surface area contributed by atoms with Crippen LogP contribution in [0.1, 0.15) is 39.9 Å². The first-order valence-electron chi connectivity index (χ1n) is 9.85. The zero-order valence-corrected chi connectivity index (χ0v) is 17.4. The summed E-state index contributed by atoms with van der Waals surface area (Å²) >= 11 is 5.79. The fourth-order valence-corrected chi connectivity index (χ4v) is 3.92. The van der Waals surface area contributed by atoms with Gasteiger partial charge in [0.25, 0.3) is 11.8 Å². The minimum atomic E-state index is -3.83. The first-order chi connectivity index (χ1) is 15.2. The Morgan fingerprint density at radius 2 is 1.88 bits per heavy atom. The molecular weight excluding hydrogens is 444 g/mol. The van der Waals surface area contributed by atoms with Crippen LogP contribution in [0.2, 0.25) is 5.02 Å². The maximum Gasteiger partial charge on any atom is 0.349 e. The van der Waals surface area contributed by atoms with Gasteiger partial charge in [0.1, 0.15) is 6.04 Å². The third-order valence-electron chi connectivity index (χ3n) is 5.54. The summed E-state index contributed by atoms with van der Waals surface area (Å²) in [5.41, 5.74) is 0.541. The van der Waals surface area contributed by atoms with E-state index in [1.807, 2.05) is 0 Å². The van der Waals surface area contributed by atoms with E-state index in [1.165, 1.54) is 11.0 Å². The number of amides is 4. The number of nitrogens with one attached hydrogen (secondary N) is 2. The van der Waals surface area contributed by atoms with Gasteiger partial charge in [-0.05, 0) is 41.8 Å². The number of carbonyl (C=O) groups is 4. The maximum absolute atomic E-state index is 14.8. The van der Waals surface area contributed by atoms with Crippen molar-refractivity contribution in [2.75, 3.05) is 0 Å². The number of carbonyl (C=O) groups excluding carboxylic acids is 4. The predicted octanol–water partition coefficient (Wildman–Crippen LogP) is 2.51. The molecule has 7 nitrogen and oxygen atoms in total. The van der Waals surface area contributed by atoms with Crippen molar-refractivity contribution in [3.8, 4) is 0 Å². The molecule has 0 spiro atoms. The Kier molecular flexibility index (Phi) is 5.68. The van der Waals surface area contributed by atoms with Gasteiger partial charge in [-0.1, -0.05) is 29.8 Å². The summed E-state index contributed by atoms with van der Waals surface area (Å²) in [6.45, 7) is -0.158. The lowest BCUT2D eigenvalue weighted by Gasteiger charge is -2.29. The molecule has 2 heterocycles. The third-order valence-corrected chi connectivity index (χ3v) is 5.79. The Labute approximate surface area is 186 Å². The number of piperidine rings is 1. The quantitative estimate of drug-likeness (QED) is 0.669. The fourth-order valence-electron chi connectivity index (χ4n) is 3.80. The van der Waals surface area contributed by atoms with E-state index >= 15 is 0 Å². The van der Waals surface area contributed by atoms with Gasteiger partial charge in [-0.15, -0.1) is 0 Å². The lowest BCUT2D eigenvalue weighted by Crippen LogP contribution is -2.52. The highest BCUT2D eigenvalue weighted by Crippen LogP contribution is 2.34. The average Bonchev–Trinajstić information content (AvgIpc) is 3.08. The average molecular weight is 462 g/mol. The minimum Gasteiger partial charge on any atom is -0.346 e. The van der Waals surface area contributed by atoms with E-state index in [2.05, 4.69) is 10.6 Å². The van der Waals surface area contributed by atoms with Crippen molar-refractivity contribution >= 4 is 35.2 Å². The maximum atomic E-state index is 14.8. The Morgan fingerprint density at radius 1 is 1.16 bits per heavy atom. The van der Waals surface area contributed by atoms with Crippen molar-refractivity contribution in [2.45, 2.75) is 37.9 Å². The molecule has 0 aromatic heterocycles. The molecule has 1 fully saturated rings. The van der Waals surface area contributed by atoms with Crippen LogP contribution >= 0.6 is 11.6 Å². The molecule has 2 aliphatic rings. The molecule has 4 rings (SSSR count). The van der Waals surface area contributed by atoms with Crippen LogP contribution in [0, 0.1) is 0 Å². The molecule has 2 aromatic rings. The topological polar surface area (TPSA) is 95.6 Å². The second-order valence-corrected chi connectivity index (χ2v) is 8.09. The molecule has 0 bridgehead atoms. The molecular formula is C22H18ClF2N3O4. The van der Waals surface area contributed by atoms with Gasteiger partial charge in [0.15, 0.2) is 0 Å². The van der Waals surface area contributed by atoms with Crippen LogP contribution in [0.4, 0.5) is 8.78 Å². The molecule has 2 aromatic carbocycles. The van der Waals surface area contributed by atoms with Crippen LogP contribution in [-0.4, -0.2) is 34.6 Å². The van der Waals surface area contributed by atoms with Gasteiger partial charge in [0, 0.05) is 35.7 Å². The molecule has 0 aliphatic carbocycles. The van der Waals surface area contributed by atoms with E-state index in [-0.39, 0.29) is 31.5 Å². The lowest BCUT2D eigenvalue weighted by atomic mass is 10.0. The van der Waals surface area contributed by atoms with Crippen molar-refractivity contribution in [3.63, 3.8) is 0 Å². The summed E-state index contributed by atoms with van der Waals surface area (Å²) in [4.78, 5) is 49.6. The van der Waals surface area contributed by atoms with Crippen LogP contribution < -0.4 is 10.6 Å². The standard InChI is InChI=1S/C22H18ClF2N3O4/c23-15-4-1-12(2-5-15)10-26-21(32)22(24,25)14-3-6-16-13(9-14)11-28(20(16)31)17-7-8-18(29)27-19(17)30/h1-6,9,17H,7-8,10-11H2,(H,26,32)(H,27,29,30). The van der Waals surface area contributed by atoms with Crippen molar-refractivity contribution < 1.29 is 28.0 Å². The van der Waals surface area contributed by atoms with Crippen LogP contribution in [0.5, 0.6) is 0 Å². The van der Waals surface area contributed by atoms with Crippen LogP contribution in [0.3, 0.4) is 0 Å². The number of alkyl halides is 2. The molecule has 166 valence electrons. The summed E-state index contributed by atoms with van der Waals surface area (Å²) in [5.74, 6) is -6.78. The van der Waals surface area contributed by atoms with Gasteiger partial charge >= 0.3 is 5.92 Å². The SMILES string of the molecule is O=C1CCC(N2Cc3cc(C(F)(F)C(=O)NCc4ccc(Cl)cc4)ccc3C2=O)C(=O)N1. The first kappa shape index (κ1) is 21.9. The van der Waals surface area contributed by atoms with Gasteiger partial charge in [0.2, 0.25) is 11.8 Å². The molecule has 2 N–H and O–H groups in total. The van der Waals surface area contributed by atoms with Gasteiger partial charge in [-0.2, -0.15) is 8.78 Å². The van der Waals surface area contributed by atoms with E-state index in [4.69, 9.17) is 11.6 Å². The monoisotopic (exact) mass is 461 g/mol. The van der Waals surface area contributed by atoms with Crippen molar-refractivity contribution in [3.05, 3.63) is 69.7 Å². The molecule has 0 saturated carbocycles. The van der Waals surface area contributed by atoms with E-state index in [1.54, 1.807) is 24.3 Å². The normalized spacial score (nSPS) is 18.4. The molecule has 1 saturated heterocycles. The summed E-state index contributed by atoms with van der Waals surface area (Å²) in [5, 5.41) is 4.88. The summed E-state index contributed by atoms with van der Waals surface area (Å²) in [6.07, 6.45) is 0.258. The Hall–Kier alpha value is -3.33. The Morgan fingerprint density at radius 3 is 2.56 bits per heavy atom. The second kappa shape index (κ2) is 8.31. The van der Waals surface area contributed by atoms with Crippen LogP contribution in [0.25, 0.3) is 0 Å². The number of hydrogen-bond acceptors (Lipinski definition) is 4. The summed E-state index contributed by atoms with van der Waals surface area (Å²) in [6, 6.07) is 8.95. The molecule has 0 radical (unpaired) electrons. The third kappa shape index (κ3) is 4.08.